The smallest absolute Gasteiger partial charge is 0.0400 e. The van der Waals surface area contributed by atoms with E-state index < -0.39 is 0 Å². The molecular formula is C11H15IN2. The molecule has 1 aromatic rings. The number of hydrogen-bond donors (Lipinski definition) is 1. The van der Waals surface area contributed by atoms with Crippen LogP contribution in [0.1, 0.15) is 6.42 Å². The summed E-state index contributed by atoms with van der Waals surface area (Å²) in [6.07, 6.45) is 1.25. The first-order valence-corrected chi connectivity index (χ1v) is 6.02. The van der Waals surface area contributed by atoms with Gasteiger partial charge in [0.1, 0.15) is 0 Å². The normalized spacial score (nSPS) is 22.6. The summed E-state index contributed by atoms with van der Waals surface area (Å²) < 4.78 is 1.29. The van der Waals surface area contributed by atoms with E-state index in [1.165, 1.54) is 22.2 Å². The highest BCUT2D eigenvalue weighted by Gasteiger charge is 2.18. The molecule has 3 heteroatoms. The lowest BCUT2D eigenvalue weighted by Crippen LogP contribution is -2.23. The second kappa shape index (κ2) is 4.49. The zero-order chi connectivity index (χ0) is 9.97. The Balaban J connectivity index is 1.97. The number of likely N-dealkylation sites (N-methyl/N-ethyl adjacent to an activating group) is 1. The molecule has 0 radical (unpaired) electrons. The Kier molecular flexibility index (Phi) is 3.28. The summed E-state index contributed by atoms with van der Waals surface area (Å²) in [5.74, 6) is 0. The van der Waals surface area contributed by atoms with E-state index in [-0.39, 0.29) is 0 Å². The standard InChI is InChI=1S/C11H15IN2/c1-14-6-5-11(8-14)13-10-4-2-3-9(12)7-10/h2-4,7,11,13H,5-6,8H2,1H3. The second-order valence-electron chi connectivity index (χ2n) is 3.90. The van der Waals surface area contributed by atoms with E-state index in [0.717, 1.165) is 6.54 Å². The predicted octanol–water partition coefficient (Wildman–Crippen LogP) is 2.41. The van der Waals surface area contributed by atoms with Gasteiger partial charge in [-0.15, -0.1) is 0 Å². The largest absolute Gasteiger partial charge is 0.381 e. The van der Waals surface area contributed by atoms with Crippen LogP contribution in [0.25, 0.3) is 0 Å². The summed E-state index contributed by atoms with van der Waals surface area (Å²) in [7, 11) is 2.18. The summed E-state index contributed by atoms with van der Waals surface area (Å²) in [4.78, 5) is 2.37. The molecule has 1 aliphatic rings. The SMILES string of the molecule is CN1CCC(Nc2cccc(I)c2)C1. The summed E-state index contributed by atoms with van der Waals surface area (Å²) in [5, 5.41) is 3.57. The van der Waals surface area contributed by atoms with Gasteiger partial charge in [-0.3, -0.25) is 0 Å². The molecule has 0 amide bonds. The molecule has 14 heavy (non-hydrogen) atoms. The lowest BCUT2D eigenvalue weighted by Gasteiger charge is -2.14. The van der Waals surface area contributed by atoms with Gasteiger partial charge in [0.25, 0.3) is 0 Å². The van der Waals surface area contributed by atoms with Crippen LogP contribution in [0.3, 0.4) is 0 Å². The summed E-state index contributed by atoms with van der Waals surface area (Å²) in [6.45, 7) is 2.37. The number of rotatable bonds is 2. The molecule has 2 rings (SSSR count). The van der Waals surface area contributed by atoms with Gasteiger partial charge in [-0.2, -0.15) is 0 Å². The molecule has 0 saturated carbocycles. The fourth-order valence-electron chi connectivity index (χ4n) is 1.87. The van der Waals surface area contributed by atoms with Crippen LogP contribution in [0.5, 0.6) is 0 Å². The van der Waals surface area contributed by atoms with Gasteiger partial charge in [0.05, 0.1) is 0 Å². The summed E-state index contributed by atoms with van der Waals surface area (Å²) >= 11 is 2.35. The molecule has 0 aliphatic carbocycles. The highest BCUT2D eigenvalue weighted by Crippen LogP contribution is 2.16. The quantitative estimate of drug-likeness (QED) is 0.844. The molecule has 1 aliphatic heterocycles. The monoisotopic (exact) mass is 302 g/mol. The Morgan fingerprint density at radius 1 is 1.50 bits per heavy atom. The van der Waals surface area contributed by atoms with Gasteiger partial charge in [0.15, 0.2) is 0 Å². The molecule has 0 aromatic heterocycles. The average molecular weight is 302 g/mol. The Morgan fingerprint density at radius 3 is 3.00 bits per heavy atom. The molecule has 1 saturated heterocycles. The molecule has 0 bridgehead atoms. The van der Waals surface area contributed by atoms with Gasteiger partial charge in [0.2, 0.25) is 0 Å². The molecular weight excluding hydrogens is 287 g/mol. The van der Waals surface area contributed by atoms with Crippen molar-refractivity contribution in [2.45, 2.75) is 12.5 Å². The van der Waals surface area contributed by atoms with Crippen LogP contribution in [0.2, 0.25) is 0 Å². The van der Waals surface area contributed by atoms with E-state index >= 15 is 0 Å². The molecule has 1 fully saturated rings. The highest BCUT2D eigenvalue weighted by atomic mass is 127. The number of nitrogens with zero attached hydrogens (tertiary/aromatic N) is 1. The molecule has 0 spiro atoms. The fourth-order valence-corrected chi connectivity index (χ4v) is 2.41. The number of likely N-dealkylation sites (tertiary alicyclic amines) is 1. The summed E-state index contributed by atoms with van der Waals surface area (Å²) in [6, 6.07) is 9.17. The third-order valence-corrected chi connectivity index (χ3v) is 3.26. The van der Waals surface area contributed by atoms with E-state index in [9.17, 15) is 0 Å². The van der Waals surface area contributed by atoms with Crippen LogP contribution in [-0.4, -0.2) is 31.1 Å². The molecule has 1 aromatic carbocycles. The average Bonchev–Trinajstić information content (AvgIpc) is 2.51. The lowest BCUT2D eigenvalue weighted by atomic mass is 10.2. The van der Waals surface area contributed by atoms with Crippen molar-refractivity contribution in [1.29, 1.82) is 0 Å². The highest BCUT2D eigenvalue weighted by molar-refractivity contribution is 14.1. The van der Waals surface area contributed by atoms with Crippen LogP contribution < -0.4 is 5.32 Å². The van der Waals surface area contributed by atoms with E-state index in [4.69, 9.17) is 0 Å². The lowest BCUT2D eigenvalue weighted by molar-refractivity contribution is 0.414. The molecule has 1 N–H and O–H groups in total. The van der Waals surface area contributed by atoms with Crippen LogP contribution in [0.15, 0.2) is 24.3 Å². The minimum absolute atomic E-state index is 0.623. The predicted molar refractivity (Wildman–Crippen MR) is 68.7 cm³/mol. The number of hydrogen-bond acceptors (Lipinski definition) is 2. The van der Waals surface area contributed by atoms with Crippen molar-refractivity contribution in [3.05, 3.63) is 27.8 Å². The van der Waals surface area contributed by atoms with Crippen LogP contribution in [-0.2, 0) is 0 Å². The van der Waals surface area contributed by atoms with Crippen molar-refractivity contribution in [3.63, 3.8) is 0 Å². The minimum atomic E-state index is 0.623. The third kappa shape index (κ3) is 2.60. The van der Waals surface area contributed by atoms with Crippen molar-refractivity contribution < 1.29 is 0 Å². The van der Waals surface area contributed by atoms with Crippen molar-refractivity contribution in [2.75, 3.05) is 25.5 Å². The van der Waals surface area contributed by atoms with Crippen molar-refractivity contribution in [2.24, 2.45) is 0 Å². The number of anilines is 1. The van der Waals surface area contributed by atoms with Crippen LogP contribution in [0.4, 0.5) is 5.69 Å². The molecule has 76 valence electrons. The molecule has 1 heterocycles. The van der Waals surface area contributed by atoms with Gasteiger partial charge in [-0.25, -0.2) is 0 Å². The van der Waals surface area contributed by atoms with E-state index in [0.29, 0.717) is 6.04 Å². The van der Waals surface area contributed by atoms with Gasteiger partial charge >= 0.3 is 0 Å². The topological polar surface area (TPSA) is 15.3 Å². The molecule has 1 unspecified atom stereocenters. The minimum Gasteiger partial charge on any atom is -0.381 e. The van der Waals surface area contributed by atoms with Crippen molar-refractivity contribution in [3.8, 4) is 0 Å². The maximum absolute atomic E-state index is 3.57. The first-order chi connectivity index (χ1) is 6.74. The van der Waals surface area contributed by atoms with E-state index in [1.54, 1.807) is 0 Å². The van der Waals surface area contributed by atoms with Gasteiger partial charge in [-0.05, 0) is 60.8 Å². The Labute approximate surface area is 98.8 Å². The zero-order valence-corrected chi connectivity index (χ0v) is 10.5. The first kappa shape index (κ1) is 10.2. The van der Waals surface area contributed by atoms with E-state index in [1.807, 2.05) is 0 Å². The molecule has 1 atom stereocenters. The van der Waals surface area contributed by atoms with Crippen LogP contribution >= 0.6 is 22.6 Å². The summed E-state index contributed by atoms with van der Waals surface area (Å²) in [5.41, 5.74) is 1.25. The van der Waals surface area contributed by atoms with E-state index in [2.05, 4.69) is 64.1 Å². The van der Waals surface area contributed by atoms with Crippen molar-refractivity contribution >= 4 is 28.3 Å². The van der Waals surface area contributed by atoms with Gasteiger partial charge in [-0.1, -0.05) is 6.07 Å². The van der Waals surface area contributed by atoms with Gasteiger partial charge in [0, 0.05) is 21.8 Å². The number of nitrogens with one attached hydrogen (secondary N) is 1. The second-order valence-corrected chi connectivity index (χ2v) is 5.15. The zero-order valence-electron chi connectivity index (χ0n) is 8.33. The third-order valence-electron chi connectivity index (χ3n) is 2.59. The number of benzene rings is 1. The van der Waals surface area contributed by atoms with Crippen molar-refractivity contribution in [1.82, 2.24) is 4.90 Å². The molecule has 2 nitrogen and oxygen atoms in total. The Hall–Kier alpha value is -0.290. The maximum atomic E-state index is 3.57. The van der Waals surface area contributed by atoms with Crippen LogP contribution in [0, 0.1) is 3.57 Å². The Bertz CT molecular complexity index is 314. The first-order valence-electron chi connectivity index (χ1n) is 4.95. The fraction of sp³-hybridized carbons (Fsp3) is 0.455. The van der Waals surface area contributed by atoms with Gasteiger partial charge < -0.3 is 10.2 Å². The maximum Gasteiger partial charge on any atom is 0.0400 e. The Morgan fingerprint density at radius 2 is 2.36 bits per heavy atom. The number of halogens is 1.